The maximum Gasteiger partial charge on any atom is 0.262 e. The third kappa shape index (κ3) is 3.19. The van der Waals surface area contributed by atoms with E-state index in [2.05, 4.69) is 11.9 Å². The highest BCUT2D eigenvalue weighted by Crippen LogP contribution is 2.29. The van der Waals surface area contributed by atoms with Crippen molar-refractivity contribution in [3.05, 3.63) is 42.0 Å². The molecule has 1 unspecified atom stereocenters. The monoisotopic (exact) mass is 330 g/mol. The topological polar surface area (TPSA) is 92.8 Å². The van der Waals surface area contributed by atoms with Gasteiger partial charge in [-0.2, -0.15) is 0 Å². The number of rotatable bonds is 8. The quantitative estimate of drug-likeness (QED) is 0.435. The van der Waals surface area contributed by atoms with Crippen LogP contribution in [0.4, 0.5) is 0 Å². The van der Waals surface area contributed by atoms with Crippen LogP contribution >= 0.6 is 0 Å². The van der Waals surface area contributed by atoms with Crippen molar-refractivity contribution >= 4 is 24.0 Å². The molecule has 24 heavy (non-hydrogen) atoms. The van der Waals surface area contributed by atoms with Gasteiger partial charge in [0, 0.05) is 7.05 Å². The minimum Gasteiger partial charge on any atom is -0.486 e. The lowest BCUT2D eigenvalue weighted by Crippen LogP contribution is -2.48. The van der Waals surface area contributed by atoms with Crippen molar-refractivity contribution in [3.63, 3.8) is 0 Å². The zero-order valence-corrected chi connectivity index (χ0v) is 13.3. The van der Waals surface area contributed by atoms with Crippen LogP contribution in [0.2, 0.25) is 0 Å². The predicted molar refractivity (Wildman–Crippen MR) is 85.8 cm³/mol. The van der Waals surface area contributed by atoms with Gasteiger partial charge < -0.3 is 10.1 Å². The lowest BCUT2D eigenvalue weighted by atomic mass is 10.1. The molecule has 126 valence electrons. The van der Waals surface area contributed by atoms with Gasteiger partial charge in [-0.15, -0.1) is 6.58 Å². The molecule has 0 saturated heterocycles. The molecular weight excluding hydrogens is 312 g/mol. The molecule has 3 amide bonds. The van der Waals surface area contributed by atoms with E-state index < -0.39 is 23.8 Å². The van der Waals surface area contributed by atoms with Crippen LogP contribution in [-0.4, -0.2) is 48.6 Å². The number of imide groups is 1. The van der Waals surface area contributed by atoms with E-state index in [1.165, 1.54) is 25.2 Å². The number of carbonyl (C=O) groups is 4. The standard InChI is InChI=1S/C17H18N2O5/c1-3-4-5-14(15(21)18-2)19-16(22)12-7-6-11(24-9-8-20)10-13(12)17(19)23/h3,6-8,10,14H,1,4-5,9H2,2H3,(H,18,21). The van der Waals surface area contributed by atoms with E-state index in [0.29, 0.717) is 24.9 Å². The van der Waals surface area contributed by atoms with Crippen LogP contribution in [0, 0.1) is 0 Å². The van der Waals surface area contributed by atoms with Crippen molar-refractivity contribution in [1.82, 2.24) is 10.2 Å². The zero-order chi connectivity index (χ0) is 17.7. The molecule has 0 radical (unpaired) electrons. The normalized spacial score (nSPS) is 14.1. The Kier molecular flexibility index (Phi) is 5.47. The fourth-order valence-electron chi connectivity index (χ4n) is 2.56. The first-order chi connectivity index (χ1) is 11.5. The zero-order valence-electron chi connectivity index (χ0n) is 13.3. The van der Waals surface area contributed by atoms with Crippen molar-refractivity contribution in [2.75, 3.05) is 13.7 Å². The highest BCUT2D eigenvalue weighted by atomic mass is 16.5. The third-order valence-corrected chi connectivity index (χ3v) is 3.71. The average molecular weight is 330 g/mol. The van der Waals surface area contributed by atoms with Crippen molar-refractivity contribution < 1.29 is 23.9 Å². The molecule has 0 fully saturated rings. The molecule has 7 nitrogen and oxygen atoms in total. The van der Waals surface area contributed by atoms with Crippen LogP contribution in [0.25, 0.3) is 0 Å². The maximum atomic E-state index is 12.6. The summed E-state index contributed by atoms with van der Waals surface area (Å²) in [5, 5.41) is 2.48. The molecule has 1 atom stereocenters. The van der Waals surface area contributed by atoms with Crippen molar-refractivity contribution in [1.29, 1.82) is 0 Å². The summed E-state index contributed by atoms with van der Waals surface area (Å²) in [5.41, 5.74) is 0.377. The first-order valence-electron chi connectivity index (χ1n) is 7.46. The molecule has 1 aliphatic heterocycles. The van der Waals surface area contributed by atoms with E-state index in [9.17, 15) is 19.2 Å². The lowest BCUT2D eigenvalue weighted by molar-refractivity contribution is -0.124. The van der Waals surface area contributed by atoms with E-state index in [1.54, 1.807) is 6.08 Å². The molecule has 1 aliphatic rings. The SMILES string of the molecule is C=CCCC(C(=O)NC)N1C(=O)c2ccc(OCC=O)cc2C1=O. The largest absolute Gasteiger partial charge is 0.486 e. The van der Waals surface area contributed by atoms with Gasteiger partial charge in [0.05, 0.1) is 11.1 Å². The van der Waals surface area contributed by atoms with Gasteiger partial charge in [-0.3, -0.25) is 24.1 Å². The summed E-state index contributed by atoms with van der Waals surface area (Å²) in [6.45, 7) is 3.45. The van der Waals surface area contributed by atoms with Crippen LogP contribution in [-0.2, 0) is 9.59 Å². The minimum atomic E-state index is -0.903. The van der Waals surface area contributed by atoms with Gasteiger partial charge >= 0.3 is 0 Å². The van der Waals surface area contributed by atoms with E-state index in [1.807, 2.05) is 0 Å². The lowest BCUT2D eigenvalue weighted by Gasteiger charge is -2.24. The van der Waals surface area contributed by atoms with Gasteiger partial charge in [0.25, 0.3) is 11.8 Å². The number of aldehydes is 1. The Hall–Kier alpha value is -2.96. The summed E-state index contributed by atoms with van der Waals surface area (Å²) in [6.07, 6.45) is 2.99. The number of hydrogen-bond acceptors (Lipinski definition) is 5. The van der Waals surface area contributed by atoms with Gasteiger partial charge in [-0.05, 0) is 31.0 Å². The summed E-state index contributed by atoms with van der Waals surface area (Å²) in [6, 6.07) is 3.48. The number of amides is 3. The van der Waals surface area contributed by atoms with Gasteiger partial charge in [0.15, 0.2) is 6.29 Å². The van der Waals surface area contributed by atoms with Crippen LogP contribution in [0.15, 0.2) is 30.9 Å². The molecule has 1 aromatic carbocycles. The highest BCUT2D eigenvalue weighted by Gasteiger charge is 2.42. The summed E-state index contributed by atoms with van der Waals surface area (Å²) >= 11 is 0. The van der Waals surface area contributed by atoms with Gasteiger partial charge in [0.2, 0.25) is 5.91 Å². The number of carbonyl (C=O) groups excluding carboxylic acids is 4. The Labute approximate surface area is 139 Å². The molecule has 1 aromatic rings. The first-order valence-corrected chi connectivity index (χ1v) is 7.46. The Morgan fingerprint density at radius 3 is 2.67 bits per heavy atom. The number of nitrogens with zero attached hydrogens (tertiary/aromatic N) is 1. The summed E-state index contributed by atoms with van der Waals surface area (Å²) in [7, 11) is 1.45. The fourth-order valence-corrected chi connectivity index (χ4v) is 2.56. The second-order valence-corrected chi connectivity index (χ2v) is 5.16. The summed E-state index contributed by atoms with van der Waals surface area (Å²) in [5.74, 6) is -1.17. The molecule has 0 bridgehead atoms. The van der Waals surface area contributed by atoms with E-state index >= 15 is 0 Å². The van der Waals surface area contributed by atoms with E-state index in [0.717, 1.165) is 4.90 Å². The second kappa shape index (κ2) is 7.54. The number of fused-ring (bicyclic) bond motifs is 1. The van der Waals surface area contributed by atoms with Crippen LogP contribution in [0.5, 0.6) is 5.75 Å². The molecule has 1 N–H and O–H groups in total. The number of likely N-dealkylation sites (N-methyl/N-ethyl adjacent to an activating group) is 1. The Bertz CT molecular complexity index is 698. The highest BCUT2D eigenvalue weighted by molar-refractivity contribution is 6.23. The average Bonchev–Trinajstić information content (AvgIpc) is 2.84. The van der Waals surface area contributed by atoms with Crippen molar-refractivity contribution in [2.45, 2.75) is 18.9 Å². The number of ether oxygens (including phenoxy) is 1. The molecular formula is C17H18N2O5. The molecule has 0 aliphatic carbocycles. The fraction of sp³-hybridized carbons (Fsp3) is 0.294. The molecule has 0 saturated carbocycles. The molecule has 0 aromatic heterocycles. The molecule has 1 heterocycles. The van der Waals surface area contributed by atoms with Crippen molar-refractivity contribution in [2.24, 2.45) is 0 Å². The Morgan fingerprint density at radius 2 is 2.04 bits per heavy atom. The van der Waals surface area contributed by atoms with Crippen LogP contribution < -0.4 is 10.1 Å². The first kappa shape index (κ1) is 17.4. The number of allylic oxidation sites excluding steroid dienone is 1. The third-order valence-electron chi connectivity index (χ3n) is 3.71. The number of benzene rings is 1. The van der Waals surface area contributed by atoms with E-state index in [-0.39, 0.29) is 17.7 Å². The molecule has 2 rings (SSSR count). The van der Waals surface area contributed by atoms with Crippen LogP contribution in [0.3, 0.4) is 0 Å². The number of hydrogen-bond donors (Lipinski definition) is 1. The molecule has 0 spiro atoms. The Morgan fingerprint density at radius 1 is 1.33 bits per heavy atom. The predicted octanol–water partition coefficient (Wildman–Crippen LogP) is 0.941. The maximum absolute atomic E-state index is 12.6. The second-order valence-electron chi connectivity index (χ2n) is 5.16. The summed E-state index contributed by atoms with van der Waals surface area (Å²) in [4.78, 5) is 48.6. The van der Waals surface area contributed by atoms with Gasteiger partial charge in [-0.25, -0.2) is 0 Å². The van der Waals surface area contributed by atoms with Gasteiger partial charge in [0.1, 0.15) is 18.4 Å². The van der Waals surface area contributed by atoms with Crippen LogP contribution in [0.1, 0.15) is 33.6 Å². The van der Waals surface area contributed by atoms with E-state index in [4.69, 9.17) is 4.74 Å². The Balaban J connectivity index is 2.34. The number of nitrogens with one attached hydrogen (secondary N) is 1. The van der Waals surface area contributed by atoms with Gasteiger partial charge in [-0.1, -0.05) is 6.08 Å². The smallest absolute Gasteiger partial charge is 0.262 e. The minimum absolute atomic E-state index is 0.148. The van der Waals surface area contributed by atoms with Crippen molar-refractivity contribution in [3.8, 4) is 5.75 Å². The molecule has 7 heteroatoms. The summed E-state index contributed by atoms with van der Waals surface area (Å²) < 4.78 is 5.15.